The lowest BCUT2D eigenvalue weighted by molar-refractivity contribution is -0.134. The number of aromatic amines is 1. The van der Waals surface area contributed by atoms with Crippen LogP contribution in [-0.4, -0.2) is 27.3 Å². The van der Waals surface area contributed by atoms with Gasteiger partial charge in [-0.25, -0.2) is 9.37 Å². The third kappa shape index (κ3) is 2.95. The second-order valence-corrected chi connectivity index (χ2v) is 7.46. The van der Waals surface area contributed by atoms with Gasteiger partial charge >= 0.3 is 0 Å². The topological polar surface area (TPSA) is 49.0 Å². The summed E-state index contributed by atoms with van der Waals surface area (Å²) in [4.78, 5) is 22.5. The van der Waals surface area contributed by atoms with Crippen molar-refractivity contribution in [3.63, 3.8) is 0 Å². The number of para-hydroxylation sites is 1. The standard InChI is InChI=1S/C19H20FN3OS/c1-12-14(13-5-4-6-15(20)18(13)22-12)11-17(24)23-9-3-2-7-16(23)19-21-8-10-25-19/h4-6,8,10,16,22H,2-3,7,9,11H2,1H3/t16-/m0/s1. The molecule has 0 spiro atoms. The third-order valence-corrected chi connectivity index (χ3v) is 5.87. The van der Waals surface area contributed by atoms with Gasteiger partial charge in [0, 0.05) is 29.2 Å². The first-order chi connectivity index (χ1) is 12.1. The molecule has 4 nitrogen and oxygen atoms in total. The molecule has 0 bridgehead atoms. The van der Waals surface area contributed by atoms with Crippen LogP contribution in [0.3, 0.4) is 0 Å². The quantitative estimate of drug-likeness (QED) is 0.757. The van der Waals surface area contributed by atoms with Gasteiger partial charge in [0.2, 0.25) is 5.91 Å². The normalized spacial score (nSPS) is 18.0. The highest BCUT2D eigenvalue weighted by atomic mass is 32.1. The Labute approximate surface area is 149 Å². The van der Waals surface area contributed by atoms with Crippen molar-refractivity contribution < 1.29 is 9.18 Å². The first-order valence-electron chi connectivity index (χ1n) is 8.59. The molecule has 1 aromatic carbocycles. The van der Waals surface area contributed by atoms with Gasteiger partial charge in [-0.3, -0.25) is 4.79 Å². The number of nitrogens with zero attached hydrogens (tertiary/aromatic N) is 2. The molecule has 1 aliphatic rings. The number of benzene rings is 1. The number of aromatic nitrogens is 2. The van der Waals surface area contributed by atoms with E-state index in [4.69, 9.17) is 0 Å². The maximum Gasteiger partial charge on any atom is 0.227 e. The number of fused-ring (bicyclic) bond motifs is 1. The summed E-state index contributed by atoms with van der Waals surface area (Å²) in [6.07, 6.45) is 5.18. The van der Waals surface area contributed by atoms with Crippen molar-refractivity contribution in [2.24, 2.45) is 0 Å². The molecule has 2 aromatic heterocycles. The number of nitrogens with one attached hydrogen (secondary N) is 1. The number of hydrogen-bond donors (Lipinski definition) is 1. The van der Waals surface area contributed by atoms with E-state index in [2.05, 4.69) is 9.97 Å². The second-order valence-electron chi connectivity index (χ2n) is 6.54. The van der Waals surface area contributed by atoms with Gasteiger partial charge in [0.1, 0.15) is 10.8 Å². The Morgan fingerprint density at radius 2 is 2.32 bits per heavy atom. The zero-order chi connectivity index (χ0) is 17.4. The van der Waals surface area contributed by atoms with E-state index < -0.39 is 0 Å². The van der Waals surface area contributed by atoms with Crippen molar-refractivity contribution in [2.75, 3.05) is 6.54 Å². The van der Waals surface area contributed by atoms with Crippen LogP contribution in [0.2, 0.25) is 0 Å². The van der Waals surface area contributed by atoms with E-state index >= 15 is 0 Å². The highest BCUT2D eigenvalue weighted by Crippen LogP contribution is 2.33. The van der Waals surface area contributed by atoms with Gasteiger partial charge in [0.15, 0.2) is 0 Å². The van der Waals surface area contributed by atoms with E-state index in [1.807, 2.05) is 23.3 Å². The van der Waals surface area contributed by atoms with Crippen LogP contribution in [0.5, 0.6) is 0 Å². The molecule has 25 heavy (non-hydrogen) atoms. The molecule has 1 fully saturated rings. The Bertz CT molecular complexity index is 903. The summed E-state index contributed by atoms with van der Waals surface area (Å²) in [6, 6.07) is 5.08. The number of aryl methyl sites for hydroxylation is 1. The van der Waals surface area contributed by atoms with Gasteiger partial charge in [-0.1, -0.05) is 12.1 Å². The molecule has 3 aromatic rings. The number of carbonyl (C=O) groups excluding carboxylic acids is 1. The molecule has 0 aliphatic carbocycles. The number of likely N-dealkylation sites (tertiary alicyclic amines) is 1. The molecule has 0 saturated carbocycles. The molecule has 3 heterocycles. The summed E-state index contributed by atoms with van der Waals surface area (Å²) in [5.41, 5.74) is 2.23. The van der Waals surface area contributed by atoms with Crippen LogP contribution in [0.4, 0.5) is 4.39 Å². The highest BCUT2D eigenvalue weighted by molar-refractivity contribution is 7.09. The third-order valence-electron chi connectivity index (χ3n) is 4.99. The zero-order valence-corrected chi connectivity index (χ0v) is 14.9. The molecule has 0 radical (unpaired) electrons. The van der Waals surface area contributed by atoms with Crippen LogP contribution in [0, 0.1) is 12.7 Å². The van der Waals surface area contributed by atoms with Crippen molar-refractivity contribution in [3.05, 3.63) is 51.9 Å². The number of carbonyl (C=O) groups is 1. The molecule has 1 saturated heterocycles. The Morgan fingerprint density at radius 3 is 3.12 bits per heavy atom. The summed E-state index contributed by atoms with van der Waals surface area (Å²) in [5, 5.41) is 3.77. The van der Waals surface area contributed by atoms with Crippen LogP contribution >= 0.6 is 11.3 Å². The predicted molar refractivity (Wildman–Crippen MR) is 97.1 cm³/mol. The summed E-state index contributed by atoms with van der Waals surface area (Å²) in [6.45, 7) is 2.66. The molecule has 1 N–H and O–H groups in total. The number of piperidine rings is 1. The Morgan fingerprint density at radius 1 is 1.44 bits per heavy atom. The monoisotopic (exact) mass is 357 g/mol. The Hall–Kier alpha value is -2.21. The van der Waals surface area contributed by atoms with Crippen molar-refractivity contribution in [2.45, 2.75) is 38.6 Å². The van der Waals surface area contributed by atoms with Crippen molar-refractivity contribution in [1.29, 1.82) is 0 Å². The highest BCUT2D eigenvalue weighted by Gasteiger charge is 2.30. The fraction of sp³-hybridized carbons (Fsp3) is 0.368. The molecule has 0 unspecified atom stereocenters. The zero-order valence-electron chi connectivity index (χ0n) is 14.1. The minimum Gasteiger partial charge on any atom is -0.356 e. The molecule has 1 aliphatic heterocycles. The van der Waals surface area contributed by atoms with Gasteiger partial charge in [0.25, 0.3) is 0 Å². The van der Waals surface area contributed by atoms with Crippen molar-refractivity contribution in [3.8, 4) is 0 Å². The van der Waals surface area contributed by atoms with E-state index in [9.17, 15) is 9.18 Å². The lowest BCUT2D eigenvalue weighted by Gasteiger charge is -2.34. The number of H-pyrrole nitrogens is 1. The molecule has 130 valence electrons. The average molecular weight is 357 g/mol. The maximum absolute atomic E-state index is 14.0. The SMILES string of the molecule is Cc1[nH]c2c(F)cccc2c1CC(=O)N1CCCC[C@H]1c1nccs1. The number of halogens is 1. The fourth-order valence-electron chi connectivity index (χ4n) is 3.73. The van der Waals surface area contributed by atoms with Crippen molar-refractivity contribution in [1.82, 2.24) is 14.9 Å². The minimum absolute atomic E-state index is 0.0727. The van der Waals surface area contributed by atoms with Crippen LogP contribution in [0.15, 0.2) is 29.8 Å². The minimum atomic E-state index is -0.280. The predicted octanol–water partition coefficient (Wildman–Crippen LogP) is 4.37. The summed E-state index contributed by atoms with van der Waals surface area (Å²) < 4.78 is 14.0. The van der Waals surface area contributed by atoms with Crippen LogP contribution in [-0.2, 0) is 11.2 Å². The maximum atomic E-state index is 14.0. The first-order valence-corrected chi connectivity index (χ1v) is 9.47. The molecular weight excluding hydrogens is 337 g/mol. The first kappa shape index (κ1) is 16.3. The molecule has 6 heteroatoms. The summed E-state index contributed by atoms with van der Waals surface area (Å²) in [5.74, 6) is -0.189. The molecule has 1 atom stereocenters. The van der Waals surface area contributed by atoms with E-state index in [0.717, 1.165) is 47.5 Å². The summed E-state index contributed by atoms with van der Waals surface area (Å²) >= 11 is 1.61. The lowest BCUT2D eigenvalue weighted by Crippen LogP contribution is -2.39. The second kappa shape index (κ2) is 6.59. The van der Waals surface area contributed by atoms with Gasteiger partial charge in [-0.05, 0) is 37.8 Å². The number of hydrogen-bond acceptors (Lipinski definition) is 3. The van der Waals surface area contributed by atoms with Gasteiger partial charge in [0.05, 0.1) is 18.0 Å². The molecule has 1 amide bonds. The number of rotatable bonds is 3. The number of amides is 1. The Kier molecular flexibility index (Phi) is 4.29. The van der Waals surface area contributed by atoms with E-state index in [-0.39, 0.29) is 24.2 Å². The summed E-state index contributed by atoms with van der Waals surface area (Å²) in [7, 11) is 0. The largest absolute Gasteiger partial charge is 0.356 e. The lowest BCUT2D eigenvalue weighted by atomic mass is 10.0. The van der Waals surface area contributed by atoms with Gasteiger partial charge in [-0.2, -0.15) is 0 Å². The van der Waals surface area contributed by atoms with Crippen molar-refractivity contribution >= 4 is 28.1 Å². The van der Waals surface area contributed by atoms with E-state index in [0.29, 0.717) is 5.52 Å². The number of thiazole rings is 1. The van der Waals surface area contributed by atoms with E-state index in [1.54, 1.807) is 23.6 Å². The van der Waals surface area contributed by atoms with Crippen LogP contribution in [0.25, 0.3) is 10.9 Å². The molecular formula is C19H20FN3OS. The van der Waals surface area contributed by atoms with Gasteiger partial charge in [-0.15, -0.1) is 11.3 Å². The fourth-order valence-corrected chi connectivity index (χ4v) is 4.52. The molecule has 4 rings (SSSR count). The van der Waals surface area contributed by atoms with Crippen LogP contribution < -0.4 is 0 Å². The smallest absolute Gasteiger partial charge is 0.227 e. The van der Waals surface area contributed by atoms with Crippen LogP contribution in [0.1, 0.15) is 41.6 Å². The van der Waals surface area contributed by atoms with Gasteiger partial charge < -0.3 is 9.88 Å². The van der Waals surface area contributed by atoms with E-state index in [1.165, 1.54) is 6.07 Å². The Balaban J connectivity index is 1.63. The average Bonchev–Trinajstić information content (AvgIpc) is 3.25.